The van der Waals surface area contributed by atoms with Crippen LogP contribution in [0.2, 0.25) is 5.02 Å². The van der Waals surface area contributed by atoms with Crippen LogP contribution in [0.3, 0.4) is 0 Å². The Bertz CT molecular complexity index is 917. The van der Waals surface area contributed by atoms with Crippen LogP contribution < -0.4 is 0 Å². The van der Waals surface area contributed by atoms with Crippen LogP contribution in [0.15, 0.2) is 84.9 Å². The summed E-state index contributed by atoms with van der Waals surface area (Å²) in [4.78, 5) is 2.40. The van der Waals surface area contributed by atoms with E-state index in [-0.39, 0.29) is 18.1 Å². The SMILES string of the molecule is OC1CCN(CC(c2ccccc2)C(O)c2ccccc2)C(c2ccc(Cl)cc2)C1. The standard InChI is InChI=1S/C26H28ClNO2/c27-22-13-11-20(12-14-22)25-17-23(29)15-16-28(25)18-24(19-7-3-1-4-8-19)26(30)21-9-5-2-6-10-21/h1-14,23-26,29-30H,15-18H2. The first-order valence-electron chi connectivity index (χ1n) is 10.6. The number of halogens is 1. The number of nitrogens with zero attached hydrogens (tertiary/aromatic N) is 1. The van der Waals surface area contributed by atoms with Crippen LogP contribution in [0.4, 0.5) is 0 Å². The van der Waals surface area contributed by atoms with Gasteiger partial charge in [-0.1, -0.05) is 84.4 Å². The zero-order valence-electron chi connectivity index (χ0n) is 16.9. The molecule has 30 heavy (non-hydrogen) atoms. The smallest absolute Gasteiger partial charge is 0.0870 e. The molecule has 0 bridgehead atoms. The molecule has 1 saturated heterocycles. The molecule has 156 valence electrons. The quantitative estimate of drug-likeness (QED) is 0.563. The van der Waals surface area contributed by atoms with Gasteiger partial charge in [0.1, 0.15) is 0 Å². The van der Waals surface area contributed by atoms with E-state index in [0.29, 0.717) is 18.0 Å². The van der Waals surface area contributed by atoms with Crippen molar-refractivity contribution in [3.05, 3.63) is 107 Å². The molecule has 1 aliphatic rings. The summed E-state index contributed by atoms with van der Waals surface area (Å²) in [6.07, 6.45) is 0.514. The summed E-state index contributed by atoms with van der Waals surface area (Å²) in [6.45, 7) is 1.50. The lowest BCUT2D eigenvalue weighted by atomic mass is 9.86. The van der Waals surface area contributed by atoms with E-state index >= 15 is 0 Å². The van der Waals surface area contributed by atoms with E-state index in [4.69, 9.17) is 11.6 Å². The predicted octanol–water partition coefficient (Wildman–Crippen LogP) is 5.36. The summed E-state index contributed by atoms with van der Waals surface area (Å²) in [5.41, 5.74) is 3.19. The molecule has 0 aromatic heterocycles. The fraction of sp³-hybridized carbons (Fsp3) is 0.308. The third-order valence-electron chi connectivity index (χ3n) is 6.12. The summed E-state index contributed by atoms with van der Waals surface area (Å²) in [7, 11) is 0. The number of aliphatic hydroxyl groups excluding tert-OH is 2. The third kappa shape index (κ3) is 4.93. The summed E-state index contributed by atoms with van der Waals surface area (Å²) in [5, 5.41) is 22.4. The number of hydrogen-bond donors (Lipinski definition) is 2. The van der Waals surface area contributed by atoms with Crippen molar-refractivity contribution in [1.29, 1.82) is 0 Å². The average Bonchev–Trinajstić information content (AvgIpc) is 2.79. The maximum Gasteiger partial charge on any atom is 0.0870 e. The van der Waals surface area contributed by atoms with Crippen LogP contribution >= 0.6 is 11.6 Å². The monoisotopic (exact) mass is 421 g/mol. The number of aliphatic hydroxyl groups is 2. The van der Waals surface area contributed by atoms with Gasteiger partial charge in [0.15, 0.2) is 0 Å². The van der Waals surface area contributed by atoms with Gasteiger partial charge >= 0.3 is 0 Å². The van der Waals surface area contributed by atoms with Crippen molar-refractivity contribution in [2.75, 3.05) is 13.1 Å². The van der Waals surface area contributed by atoms with Gasteiger partial charge in [0.2, 0.25) is 0 Å². The second-order valence-electron chi connectivity index (χ2n) is 8.11. The van der Waals surface area contributed by atoms with Crippen molar-refractivity contribution in [3.8, 4) is 0 Å². The Hall–Kier alpha value is -2.17. The molecule has 4 rings (SSSR count). The molecule has 0 amide bonds. The molecule has 1 fully saturated rings. The lowest BCUT2D eigenvalue weighted by Crippen LogP contribution is -2.41. The summed E-state index contributed by atoms with van der Waals surface area (Å²) in [6, 6.07) is 28.1. The van der Waals surface area contributed by atoms with E-state index in [1.807, 2.05) is 72.8 Å². The average molecular weight is 422 g/mol. The molecule has 1 heterocycles. The van der Waals surface area contributed by atoms with Crippen LogP contribution in [-0.2, 0) is 0 Å². The van der Waals surface area contributed by atoms with Gasteiger partial charge in [-0.05, 0) is 41.7 Å². The molecule has 1 aliphatic heterocycles. The molecule has 4 unspecified atom stereocenters. The Balaban J connectivity index is 1.64. The van der Waals surface area contributed by atoms with Crippen molar-refractivity contribution in [1.82, 2.24) is 4.90 Å². The maximum absolute atomic E-state index is 11.3. The topological polar surface area (TPSA) is 43.7 Å². The van der Waals surface area contributed by atoms with E-state index in [2.05, 4.69) is 17.0 Å². The maximum atomic E-state index is 11.3. The molecule has 0 spiro atoms. The molecule has 4 atom stereocenters. The van der Waals surface area contributed by atoms with E-state index < -0.39 is 6.10 Å². The van der Waals surface area contributed by atoms with Gasteiger partial charge in [0.25, 0.3) is 0 Å². The molecule has 2 N–H and O–H groups in total. The van der Waals surface area contributed by atoms with Gasteiger partial charge in [-0.3, -0.25) is 4.90 Å². The van der Waals surface area contributed by atoms with E-state index in [0.717, 1.165) is 29.7 Å². The first kappa shape index (κ1) is 21.1. The minimum atomic E-state index is -0.605. The Morgan fingerprint density at radius 2 is 1.47 bits per heavy atom. The van der Waals surface area contributed by atoms with Crippen LogP contribution in [-0.4, -0.2) is 34.3 Å². The van der Waals surface area contributed by atoms with E-state index in [9.17, 15) is 10.2 Å². The van der Waals surface area contributed by atoms with Gasteiger partial charge in [0, 0.05) is 30.1 Å². The minimum absolute atomic E-state index is 0.0707. The highest BCUT2D eigenvalue weighted by atomic mass is 35.5. The second-order valence-corrected chi connectivity index (χ2v) is 8.55. The first-order valence-corrected chi connectivity index (χ1v) is 10.9. The molecular weight excluding hydrogens is 394 g/mol. The Labute approximate surface area is 183 Å². The summed E-state index contributed by atoms with van der Waals surface area (Å²) < 4.78 is 0. The van der Waals surface area contributed by atoms with Gasteiger partial charge in [-0.25, -0.2) is 0 Å². The summed E-state index contributed by atoms with van der Waals surface area (Å²) in [5.74, 6) is -0.0707. The second kappa shape index (κ2) is 9.76. The number of piperidine rings is 1. The van der Waals surface area contributed by atoms with Gasteiger partial charge < -0.3 is 10.2 Å². The van der Waals surface area contributed by atoms with Crippen molar-refractivity contribution in [3.63, 3.8) is 0 Å². The van der Waals surface area contributed by atoms with Gasteiger partial charge in [0.05, 0.1) is 12.2 Å². The molecule has 3 aromatic rings. The minimum Gasteiger partial charge on any atom is -0.393 e. The molecular formula is C26H28ClNO2. The van der Waals surface area contributed by atoms with E-state index in [1.165, 1.54) is 0 Å². The Kier molecular flexibility index (Phi) is 6.86. The number of likely N-dealkylation sites (tertiary alicyclic amines) is 1. The third-order valence-corrected chi connectivity index (χ3v) is 6.37. The molecule has 3 nitrogen and oxygen atoms in total. The number of benzene rings is 3. The van der Waals surface area contributed by atoms with Crippen LogP contribution in [0.5, 0.6) is 0 Å². The molecule has 0 saturated carbocycles. The Morgan fingerprint density at radius 3 is 2.10 bits per heavy atom. The van der Waals surface area contributed by atoms with Crippen molar-refractivity contribution >= 4 is 11.6 Å². The van der Waals surface area contributed by atoms with Crippen LogP contribution in [0, 0.1) is 0 Å². The van der Waals surface area contributed by atoms with Crippen molar-refractivity contribution in [2.24, 2.45) is 0 Å². The zero-order valence-corrected chi connectivity index (χ0v) is 17.7. The lowest BCUT2D eigenvalue weighted by molar-refractivity contribution is 0.0245. The molecule has 0 aliphatic carbocycles. The largest absolute Gasteiger partial charge is 0.393 e. The van der Waals surface area contributed by atoms with Gasteiger partial charge in [-0.2, -0.15) is 0 Å². The highest BCUT2D eigenvalue weighted by Crippen LogP contribution is 2.37. The number of rotatable bonds is 6. The normalized spacial score (nSPS) is 21.8. The molecule has 0 radical (unpaired) electrons. The van der Waals surface area contributed by atoms with E-state index in [1.54, 1.807) is 0 Å². The number of hydrogen-bond acceptors (Lipinski definition) is 3. The zero-order chi connectivity index (χ0) is 20.9. The summed E-state index contributed by atoms with van der Waals surface area (Å²) >= 11 is 6.09. The highest BCUT2D eigenvalue weighted by Gasteiger charge is 2.33. The van der Waals surface area contributed by atoms with Gasteiger partial charge in [-0.15, -0.1) is 0 Å². The Morgan fingerprint density at radius 1 is 0.867 bits per heavy atom. The lowest BCUT2D eigenvalue weighted by Gasteiger charge is -2.41. The van der Waals surface area contributed by atoms with Crippen molar-refractivity contribution < 1.29 is 10.2 Å². The van der Waals surface area contributed by atoms with Crippen LogP contribution in [0.1, 0.15) is 47.6 Å². The van der Waals surface area contributed by atoms with Crippen molar-refractivity contribution in [2.45, 2.75) is 37.0 Å². The van der Waals surface area contributed by atoms with Crippen LogP contribution in [0.25, 0.3) is 0 Å². The first-order chi connectivity index (χ1) is 14.6. The predicted molar refractivity (Wildman–Crippen MR) is 122 cm³/mol. The molecule has 4 heteroatoms. The highest BCUT2D eigenvalue weighted by molar-refractivity contribution is 6.30. The fourth-order valence-electron chi connectivity index (χ4n) is 4.47. The fourth-order valence-corrected chi connectivity index (χ4v) is 4.59. The molecule has 3 aromatic carbocycles.